The van der Waals surface area contributed by atoms with Gasteiger partial charge in [-0.25, -0.2) is 9.37 Å². The molecule has 0 bridgehead atoms. The number of nitrogens with zero attached hydrogens (tertiary/aromatic N) is 4. The van der Waals surface area contributed by atoms with Crippen LogP contribution in [-0.4, -0.2) is 37.5 Å². The molecule has 0 unspecified atom stereocenters. The van der Waals surface area contributed by atoms with Gasteiger partial charge in [0.1, 0.15) is 18.2 Å². The molecule has 0 saturated carbocycles. The molecule has 2 heterocycles. The fraction of sp³-hybridized carbons (Fsp3) is 0.286. The van der Waals surface area contributed by atoms with Gasteiger partial charge in [-0.1, -0.05) is 44.2 Å². The fourth-order valence-electron chi connectivity index (χ4n) is 4.00. The van der Waals surface area contributed by atoms with Gasteiger partial charge in [0.05, 0.1) is 11.5 Å². The monoisotopic (exact) mass is 517 g/mol. The van der Waals surface area contributed by atoms with E-state index in [2.05, 4.69) is 20.5 Å². The lowest BCUT2D eigenvalue weighted by Gasteiger charge is -2.21. The maximum absolute atomic E-state index is 13.4. The van der Waals surface area contributed by atoms with Crippen molar-refractivity contribution in [2.24, 2.45) is 5.92 Å². The van der Waals surface area contributed by atoms with Crippen LogP contribution in [0.25, 0.3) is 11.4 Å². The molecule has 1 amide bonds. The van der Waals surface area contributed by atoms with Crippen molar-refractivity contribution in [2.75, 3.05) is 0 Å². The number of nitrogens with one attached hydrogen (secondary N) is 1. The summed E-state index contributed by atoms with van der Waals surface area (Å²) in [5.74, 6) is -1.62. The summed E-state index contributed by atoms with van der Waals surface area (Å²) in [4.78, 5) is 43.1. The average Bonchev–Trinajstić information content (AvgIpc) is 3.40. The Hall–Kier alpha value is -4.47. The van der Waals surface area contributed by atoms with Crippen LogP contribution in [0.4, 0.5) is 4.39 Å². The molecule has 4 rings (SSSR count). The maximum atomic E-state index is 13.4. The first kappa shape index (κ1) is 26.6. The Morgan fingerprint density at radius 1 is 1.03 bits per heavy atom. The summed E-state index contributed by atoms with van der Waals surface area (Å²) in [6.45, 7) is 6.97. The third-order valence-corrected chi connectivity index (χ3v) is 6.27. The van der Waals surface area contributed by atoms with Crippen LogP contribution in [0.1, 0.15) is 49.8 Å². The Balaban J connectivity index is 1.54. The standard InChI is InChI=1S/C28H28FN5O4/c1-17(2)23(24(37)26-32-33-27(38-26)28(3,4)19-8-6-5-7-9-19)31-21(35)16-34-22(36)14-15-30-25(34)18-10-12-20(29)13-11-18/h5-15,17,23H,16H2,1-4H3,(H,31,35)/t23-/m0/s1. The smallest absolute Gasteiger partial charge is 0.286 e. The van der Waals surface area contributed by atoms with Gasteiger partial charge in [-0.2, -0.15) is 0 Å². The molecule has 0 aliphatic carbocycles. The topological polar surface area (TPSA) is 120 Å². The summed E-state index contributed by atoms with van der Waals surface area (Å²) >= 11 is 0. The van der Waals surface area contributed by atoms with E-state index in [0.717, 1.165) is 10.1 Å². The second-order valence-corrected chi connectivity index (χ2v) is 9.76. The van der Waals surface area contributed by atoms with E-state index in [1.54, 1.807) is 13.8 Å². The summed E-state index contributed by atoms with van der Waals surface area (Å²) in [6, 6.07) is 15.2. The van der Waals surface area contributed by atoms with E-state index in [4.69, 9.17) is 4.42 Å². The lowest BCUT2D eigenvalue weighted by molar-refractivity contribution is -0.122. The van der Waals surface area contributed by atoms with Crippen molar-refractivity contribution in [1.82, 2.24) is 25.1 Å². The van der Waals surface area contributed by atoms with Crippen LogP contribution in [0.15, 0.2) is 76.1 Å². The first-order valence-electron chi connectivity index (χ1n) is 12.1. The van der Waals surface area contributed by atoms with Crippen molar-refractivity contribution in [3.8, 4) is 11.4 Å². The van der Waals surface area contributed by atoms with Crippen molar-refractivity contribution in [3.05, 3.63) is 100 Å². The van der Waals surface area contributed by atoms with Crippen LogP contribution in [0.3, 0.4) is 0 Å². The number of carbonyl (C=O) groups is 2. The molecule has 4 aromatic rings. The number of halogens is 1. The molecule has 0 aliphatic heterocycles. The van der Waals surface area contributed by atoms with E-state index in [1.165, 1.54) is 36.5 Å². The Morgan fingerprint density at radius 2 is 1.71 bits per heavy atom. The van der Waals surface area contributed by atoms with E-state index in [1.807, 2.05) is 44.2 Å². The molecule has 2 aromatic carbocycles. The zero-order chi connectivity index (χ0) is 27.4. The van der Waals surface area contributed by atoms with Gasteiger partial charge < -0.3 is 9.73 Å². The van der Waals surface area contributed by atoms with Crippen LogP contribution in [0.2, 0.25) is 0 Å². The minimum Gasteiger partial charge on any atom is -0.417 e. The highest BCUT2D eigenvalue weighted by Crippen LogP contribution is 2.30. The molecule has 196 valence electrons. The van der Waals surface area contributed by atoms with Gasteiger partial charge in [-0.15, -0.1) is 10.2 Å². The number of amides is 1. The van der Waals surface area contributed by atoms with E-state index >= 15 is 0 Å². The minimum atomic E-state index is -0.975. The predicted molar refractivity (Wildman–Crippen MR) is 138 cm³/mol. The minimum absolute atomic E-state index is 0.199. The normalized spacial score (nSPS) is 12.4. The Bertz CT molecular complexity index is 1490. The largest absolute Gasteiger partial charge is 0.417 e. The van der Waals surface area contributed by atoms with E-state index < -0.39 is 41.1 Å². The number of carbonyl (C=O) groups excluding carboxylic acids is 2. The number of ketones is 1. The van der Waals surface area contributed by atoms with Crippen molar-refractivity contribution in [2.45, 2.75) is 45.7 Å². The van der Waals surface area contributed by atoms with Gasteiger partial charge in [0.15, 0.2) is 0 Å². The third-order valence-electron chi connectivity index (χ3n) is 6.27. The summed E-state index contributed by atoms with van der Waals surface area (Å²) in [6.07, 6.45) is 1.32. The summed E-state index contributed by atoms with van der Waals surface area (Å²) in [5, 5.41) is 10.8. The highest BCUT2D eigenvalue weighted by molar-refractivity contribution is 5.98. The highest BCUT2D eigenvalue weighted by atomic mass is 19.1. The first-order valence-corrected chi connectivity index (χ1v) is 12.1. The summed E-state index contributed by atoms with van der Waals surface area (Å²) in [5.41, 5.74) is 0.302. The number of aromatic nitrogens is 4. The molecule has 0 spiro atoms. The van der Waals surface area contributed by atoms with E-state index in [0.29, 0.717) is 5.56 Å². The van der Waals surface area contributed by atoms with Gasteiger partial charge in [0.25, 0.3) is 11.4 Å². The third kappa shape index (κ3) is 5.59. The molecule has 9 nitrogen and oxygen atoms in total. The Labute approximate surface area is 218 Å². The van der Waals surface area contributed by atoms with Crippen LogP contribution in [-0.2, 0) is 16.8 Å². The van der Waals surface area contributed by atoms with Gasteiger partial charge in [0.2, 0.25) is 17.6 Å². The number of benzene rings is 2. The van der Waals surface area contributed by atoms with Crippen LogP contribution < -0.4 is 10.9 Å². The molecule has 38 heavy (non-hydrogen) atoms. The molecular formula is C28H28FN5O4. The number of hydrogen-bond donors (Lipinski definition) is 1. The van der Waals surface area contributed by atoms with Crippen LogP contribution in [0, 0.1) is 11.7 Å². The second kappa shape index (κ2) is 10.9. The zero-order valence-corrected chi connectivity index (χ0v) is 21.5. The molecule has 1 N–H and O–H groups in total. The molecule has 0 fully saturated rings. The zero-order valence-electron chi connectivity index (χ0n) is 21.5. The number of Topliss-reactive ketones (excluding diaryl/α,β-unsaturated/α-hetero) is 1. The Morgan fingerprint density at radius 3 is 2.37 bits per heavy atom. The average molecular weight is 518 g/mol. The molecule has 2 aromatic heterocycles. The Kier molecular flexibility index (Phi) is 7.61. The maximum Gasteiger partial charge on any atom is 0.286 e. The molecule has 10 heteroatoms. The van der Waals surface area contributed by atoms with Gasteiger partial charge >= 0.3 is 0 Å². The predicted octanol–water partition coefficient (Wildman–Crippen LogP) is 3.78. The molecule has 0 saturated heterocycles. The lowest BCUT2D eigenvalue weighted by Crippen LogP contribution is -2.46. The van der Waals surface area contributed by atoms with Crippen molar-refractivity contribution in [3.63, 3.8) is 0 Å². The van der Waals surface area contributed by atoms with Crippen molar-refractivity contribution < 1.29 is 18.4 Å². The van der Waals surface area contributed by atoms with Crippen molar-refractivity contribution in [1.29, 1.82) is 0 Å². The van der Waals surface area contributed by atoms with Gasteiger partial charge in [0, 0.05) is 17.8 Å². The second-order valence-electron chi connectivity index (χ2n) is 9.76. The number of rotatable bonds is 9. The molecule has 0 aliphatic rings. The summed E-state index contributed by atoms with van der Waals surface area (Å²) < 4.78 is 20.3. The van der Waals surface area contributed by atoms with Crippen molar-refractivity contribution >= 4 is 11.7 Å². The quantitative estimate of drug-likeness (QED) is 0.336. The fourth-order valence-corrected chi connectivity index (χ4v) is 4.00. The van der Waals surface area contributed by atoms with E-state index in [9.17, 15) is 18.8 Å². The number of hydrogen-bond acceptors (Lipinski definition) is 7. The van der Waals surface area contributed by atoms with Crippen LogP contribution in [0.5, 0.6) is 0 Å². The van der Waals surface area contributed by atoms with Gasteiger partial charge in [-0.3, -0.25) is 19.0 Å². The lowest BCUT2D eigenvalue weighted by atomic mass is 9.85. The molecule has 0 radical (unpaired) electrons. The highest BCUT2D eigenvalue weighted by Gasteiger charge is 2.34. The SMILES string of the molecule is CC(C)[C@H](NC(=O)Cn1c(-c2ccc(F)cc2)nccc1=O)C(=O)c1nnc(C(C)(C)c2ccccc2)o1. The van der Waals surface area contributed by atoms with Crippen LogP contribution >= 0.6 is 0 Å². The summed E-state index contributed by atoms with van der Waals surface area (Å²) in [7, 11) is 0. The van der Waals surface area contributed by atoms with Gasteiger partial charge in [-0.05, 0) is 49.6 Å². The molecule has 1 atom stereocenters. The molecular weight excluding hydrogens is 489 g/mol. The first-order chi connectivity index (χ1) is 18.1. The van der Waals surface area contributed by atoms with E-state index in [-0.39, 0.29) is 23.5 Å².